The number of aromatic nitrogens is 1. The Hall–Kier alpha value is -3.34. The van der Waals surface area contributed by atoms with E-state index in [1.54, 1.807) is 18.2 Å². The van der Waals surface area contributed by atoms with E-state index in [4.69, 9.17) is 20.9 Å². The van der Waals surface area contributed by atoms with Gasteiger partial charge < -0.3 is 25.8 Å². The number of guanidine groups is 1. The highest BCUT2D eigenvalue weighted by atomic mass is 19.1. The number of nitrogens with two attached hydrogens (primary N) is 2. The van der Waals surface area contributed by atoms with Crippen LogP contribution < -0.4 is 16.4 Å². The number of carbonyl (C=O) groups excluding carboxylic acids is 1. The van der Waals surface area contributed by atoms with Gasteiger partial charge in [0.2, 0.25) is 5.95 Å². The first-order valence-corrected chi connectivity index (χ1v) is 9.01. The highest BCUT2D eigenvalue weighted by Gasteiger charge is 2.31. The molecule has 0 spiro atoms. The quantitative estimate of drug-likeness (QED) is 0.398. The molecule has 2 heterocycles. The lowest BCUT2D eigenvalue weighted by Crippen LogP contribution is -2.53. The summed E-state index contributed by atoms with van der Waals surface area (Å²) in [7, 11) is 0. The molecule has 11 heteroatoms. The van der Waals surface area contributed by atoms with Gasteiger partial charge in [0.25, 0.3) is 0 Å². The number of halogens is 3. The lowest BCUT2D eigenvalue weighted by atomic mass is 10.0. The van der Waals surface area contributed by atoms with Crippen LogP contribution in [0.4, 0.5) is 23.8 Å². The number of aliphatic imine (C=N–C) groups is 1. The van der Waals surface area contributed by atoms with E-state index in [0.29, 0.717) is 24.2 Å². The zero-order valence-electron chi connectivity index (χ0n) is 15.9. The van der Waals surface area contributed by atoms with E-state index in [1.807, 2.05) is 0 Å². The molecule has 0 radical (unpaired) electrons. The van der Waals surface area contributed by atoms with Gasteiger partial charge in [-0.25, -0.2) is 13.6 Å². The summed E-state index contributed by atoms with van der Waals surface area (Å²) >= 11 is 0. The first-order valence-electron chi connectivity index (χ1n) is 9.01. The Morgan fingerprint density at radius 2 is 2.03 bits per heavy atom. The van der Waals surface area contributed by atoms with E-state index >= 15 is 0 Å². The first-order chi connectivity index (χ1) is 14.4. The summed E-state index contributed by atoms with van der Waals surface area (Å²) < 4.78 is 51.4. The number of benzene rings is 1. The zero-order valence-corrected chi connectivity index (χ0v) is 15.9. The smallest absolute Gasteiger partial charge is 0.437 e. The highest BCUT2D eigenvalue weighted by Crippen LogP contribution is 2.30. The largest absolute Gasteiger partial charge is 0.443 e. The lowest BCUT2D eigenvalue weighted by molar-refractivity contribution is 0.0261. The van der Waals surface area contributed by atoms with Gasteiger partial charge in [0, 0.05) is 18.7 Å². The summed E-state index contributed by atoms with van der Waals surface area (Å²) in [6, 6.07) is 7.40. The minimum Gasteiger partial charge on any atom is -0.443 e. The maximum atomic E-state index is 14.6. The summed E-state index contributed by atoms with van der Waals surface area (Å²) in [4.78, 5) is 19.9. The molecule has 30 heavy (non-hydrogen) atoms. The van der Waals surface area contributed by atoms with Gasteiger partial charge in [0.05, 0.1) is 12.7 Å². The Labute approximate surface area is 170 Å². The molecule has 0 unspecified atom stereocenters. The topological polar surface area (TPSA) is 116 Å². The van der Waals surface area contributed by atoms with E-state index in [9.17, 15) is 18.0 Å². The van der Waals surface area contributed by atoms with E-state index in [1.165, 1.54) is 11.0 Å². The van der Waals surface area contributed by atoms with E-state index in [2.05, 4.69) is 9.98 Å². The number of nitrogens with zero attached hydrogens (tertiary/aromatic N) is 3. The number of hydrogen-bond acceptors (Lipinski definition) is 5. The molecular formula is C19H20F3N5O3. The van der Waals surface area contributed by atoms with Crippen molar-refractivity contribution in [1.82, 2.24) is 4.98 Å². The fraction of sp³-hybridized carbons (Fsp3) is 0.316. The molecule has 1 amide bonds. The molecule has 1 aliphatic rings. The van der Waals surface area contributed by atoms with Crippen LogP contribution in [0.5, 0.6) is 0 Å². The van der Waals surface area contributed by atoms with Crippen LogP contribution in [-0.4, -0.2) is 49.5 Å². The predicted octanol–water partition coefficient (Wildman–Crippen LogP) is 2.11. The number of hydrogen-bond donors (Lipinski definition) is 2. The van der Waals surface area contributed by atoms with Gasteiger partial charge in [-0.2, -0.15) is 9.37 Å². The number of carbonyl (C=O) groups is 1. The van der Waals surface area contributed by atoms with Crippen LogP contribution in [0.3, 0.4) is 0 Å². The Balaban J connectivity index is 1.71. The Kier molecular flexibility index (Phi) is 6.72. The molecular weight excluding hydrogens is 403 g/mol. The number of anilines is 1. The van der Waals surface area contributed by atoms with E-state index in [0.717, 1.165) is 6.07 Å². The fourth-order valence-electron chi connectivity index (χ4n) is 2.92. The molecule has 2 aromatic rings. The number of pyridine rings is 1. The molecule has 1 aliphatic heterocycles. The van der Waals surface area contributed by atoms with Crippen molar-refractivity contribution in [2.45, 2.75) is 12.7 Å². The fourth-order valence-corrected chi connectivity index (χ4v) is 2.92. The maximum absolute atomic E-state index is 14.6. The van der Waals surface area contributed by atoms with Crippen LogP contribution in [0.15, 0.2) is 35.3 Å². The molecule has 1 fully saturated rings. The van der Waals surface area contributed by atoms with Crippen LogP contribution >= 0.6 is 0 Å². The van der Waals surface area contributed by atoms with Crippen molar-refractivity contribution in [2.75, 3.05) is 31.3 Å². The second-order valence-electron chi connectivity index (χ2n) is 6.51. The molecule has 3 rings (SSSR count). The van der Waals surface area contributed by atoms with E-state index < -0.39 is 30.5 Å². The standard InChI is InChI=1S/C19H20F3N5O3/c20-4-5-29-13-8-27(9-13)17-15(21)7-14(16(22)25-17)12-3-1-2-11(6-12)10-30-19(28)26-18(23)24/h1-3,6-7,13H,4-5,8-10H2,(H4,23,24,26,28). The minimum absolute atomic E-state index is 0.0284. The predicted molar refractivity (Wildman–Crippen MR) is 104 cm³/mol. The van der Waals surface area contributed by atoms with Crippen molar-refractivity contribution in [2.24, 2.45) is 16.5 Å². The Morgan fingerprint density at radius 1 is 1.27 bits per heavy atom. The molecule has 160 valence electrons. The minimum atomic E-state index is -0.966. The molecule has 1 aromatic heterocycles. The molecule has 8 nitrogen and oxygen atoms in total. The summed E-state index contributed by atoms with van der Waals surface area (Å²) in [6.07, 6.45) is -1.20. The van der Waals surface area contributed by atoms with Crippen molar-refractivity contribution < 1.29 is 27.4 Å². The third-order valence-electron chi connectivity index (χ3n) is 4.31. The van der Waals surface area contributed by atoms with Crippen LogP contribution in [0, 0.1) is 11.8 Å². The summed E-state index contributed by atoms with van der Waals surface area (Å²) in [6.45, 7) is -0.176. The van der Waals surface area contributed by atoms with Gasteiger partial charge in [-0.1, -0.05) is 18.2 Å². The monoisotopic (exact) mass is 423 g/mol. The Bertz CT molecular complexity index is 947. The maximum Gasteiger partial charge on any atom is 0.437 e. The second-order valence-corrected chi connectivity index (χ2v) is 6.51. The Morgan fingerprint density at radius 3 is 2.73 bits per heavy atom. The van der Waals surface area contributed by atoms with E-state index in [-0.39, 0.29) is 30.7 Å². The first kappa shape index (κ1) is 21.4. The van der Waals surface area contributed by atoms with Crippen molar-refractivity contribution >= 4 is 17.9 Å². The number of amides is 1. The van der Waals surface area contributed by atoms with Crippen LogP contribution in [0.25, 0.3) is 11.1 Å². The number of ether oxygens (including phenoxy) is 2. The zero-order chi connectivity index (χ0) is 21.7. The average Bonchev–Trinajstić information content (AvgIpc) is 2.67. The van der Waals surface area contributed by atoms with Crippen LogP contribution in [-0.2, 0) is 16.1 Å². The van der Waals surface area contributed by atoms with Gasteiger partial charge in [-0.05, 0) is 23.3 Å². The van der Waals surface area contributed by atoms with Gasteiger partial charge in [-0.3, -0.25) is 0 Å². The SMILES string of the molecule is NC(N)=NC(=O)OCc1cccc(-c2cc(F)c(N3CC(OCCF)C3)nc2F)c1. The second kappa shape index (κ2) is 9.44. The molecule has 0 aliphatic carbocycles. The third kappa shape index (κ3) is 5.17. The van der Waals surface area contributed by atoms with Gasteiger partial charge in [-0.15, -0.1) is 4.99 Å². The average molecular weight is 423 g/mol. The van der Waals surface area contributed by atoms with Crippen molar-refractivity contribution in [3.05, 3.63) is 47.7 Å². The third-order valence-corrected chi connectivity index (χ3v) is 4.31. The molecule has 0 bridgehead atoms. The lowest BCUT2D eigenvalue weighted by Gasteiger charge is -2.39. The van der Waals surface area contributed by atoms with Gasteiger partial charge in [0.1, 0.15) is 13.3 Å². The number of alkyl halides is 1. The molecule has 1 aromatic carbocycles. The number of rotatable bonds is 7. The molecule has 1 saturated heterocycles. The normalized spacial score (nSPS) is 13.6. The highest BCUT2D eigenvalue weighted by molar-refractivity contribution is 5.87. The van der Waals surface area contributed by atoms with Gasteiger partial charge >= 0.3 is 6.09 Å². The van der Waals surface area contributed by atoms with Crippen molar-refractivity contribution in [3.8, 4) is 11.1 Å². The van der Waals surface area contributed by atoms with Crippen molar-refractivity contribution in [3.63, 3.8) is 0 Å². The molecule has 0 saturated carbocycles. The summed E-state index contributed by atoms with van der Waals surface area (Å²) in [5, 5.41) is 0. The summed E-state index contributed by atoms with van der Waals surface area (Å²) in [5.41, 5.74) is 11.0. The molecule has 0 atom stereocenters. The summed E-state index contributed by atoms with van der Waals surface area (Å²) in [5.74, 6) is -2.10. The van der Waals surface area contributed by atoms with Crippen LogP contribution in [0.1, 0.15) is 5.56 Å². The molecule has 4 N–H and O–H groups in total. The van der Waals surface area contributed by atoms with Gasteiger partial charge in [0.15, 0.2) is 17.6 Å². The van der Waals surface area contributed by atoms with Crippen molar-refractivity contribution in [1.29, 1.82) is 0 Å². The van der Waals surface area contributed by atoms with Crippen LogP contribution in [0.2, 0.25) is 0 Å².